The predicted molar refractivity (Wildman–Crippen MR) is 57.0 cm³/mol. The first kappa shape index (κ1) is 12.3. The molecule has 94 valence electrons. The Kier molecular flexibility index (Phi) is 2.73. The molecule has 6 heteroatoms. The molecule has 1 aromatic carbocycles. The van der Waals surface area contributed by atoms with Crippen LogP contribution in [0.1, 0.15) is 20.7 Å². The highest BCUT2D eigenvalue weighted by molar-refractivity contribution is 6.21. The summed E-state index contributed by atoms with van der Waals surface area (Å²) in [6.07, 6.45) is -4.62. The predicted octanol–water partition coefficient (Wildman–Crippen LogP) is 2.40. The standard InChI is InChI=1S/C12H8F3NO2/c1-7(12(13,14)15)6-16-10(17)8-4-2-3-5-9(8)11(16)18/h2-5H,1,6H2. The summed E-state index contributed by atoms with van der Waals surface area (Å²) in [4.78, 5) is 24.1. The summed E-state index contributed by atoms with van der Waals surface area (Å²) in [6, 6.07) is 5.91. The molecule has 0 bridgehead atoms. The van der Waals surface area contributed by atoms with E-state index in [4.69, 9.17) is 0 Å². The van der Waals surface area contributed by atoms with E-state index in [9.17, 15) is 22.8 Å². The van der Waals surface area contributed by atoms with E-state index in [-0.39, 0.29) is 11.1 Å². The van der Waals surface area contributed by atoms with Crippen molar-refractivity contribution in [1.29, 1.82) is 0 Å². The number of carbonyl (C=O) groups is 2. The van der Waals surface area contributed by atoms with E-state index >= 15 is 0 Å². The average Bonchev–Trinajstić information content (AvgIpc) is 2.54. The molecule has 0 unspecified atom stereocenters. The van der Waals surface area contributed by atoms with Gasteiger partial charge in [-0.1, -0.05) is 18.7 Å². The fraction of sp³-hybridized carbons (Fsp3) is 0.167. The van der Waals surface area contributed by atoms with Gasteiger partial charge in [0.1, 0.15) is 0 Å². The topological polar surface area (TPSA) is 37.4 Å². The quantitative estimate of drug-likeness (QED) is 0.601. The molecular formula is C12H8F3NO2. The molecule has 0 spiro atoms. The first-order valence-corrected chi connectivity index (χ1v) is 5.02. The Morgan fingerprint density at radius 3 is 1.94 bits per heavy atom. The molecule has 0 saturated heterocycles. The lowest BCUT2D eigenvalue weighted by Crippen LogP contribution is -2.34. The summed E-state index contributed by atoms with van der Waals surface area (Å²) >= 11 is 0. The van der Waals surface area contributed by atoms with Crippen molar-refractivity contribution >= 4 is 11.8 Å². The molecule has 0 aliphatic carbocycles. The third kappa shape index (κ3) is 1.90. The smallest absolute Gasteiger partial charge is 0.270 e. The van der Waals surface area contributed by atoms with Gasteiger partial charge in [0.05, 0.1) is 17.7 Å². The van der Waals surface area contributed by atoms with Crippen LogP contribution in [0.2, 0.25) is 0 Å². The van der Waals surface area contributed by atoms with Crippen LogP contribution in [-0.2, 0) is 0 Å². The van der Waals surface area contributed by atoms with Crippen LogP contribution in [0.4, 0.5) is 13.2 Å². The molecule has 1 aliphatic heterocycles. The van der Waals surface area contributed by atoms with E-state index in [1.807, 2.05) is 0 Å². The van der Waals surface area contributed by atoms with Crippen LogP contribution >= 0.6 is 0 Å². The number of fused-ring (bicyclic) bond motifs is 1. The summed E-state index contributed by atoms with van der Waals surface area (Å²) in [5, 5.41) is 0. The summed E-state index contributed by atoms with van der Waals surface area (Å²) in [7, 11) is 0. The van der Waals surface area contributed by atoms with Gasteiger partial charge in [-0.2, -0.15) is 13.2 Å². The number of hydrogen-bond acceptors (Lipinski definition) is 2. The second kappa shape index (κ2) is 3.97. The number of carbonyl (C=O) groups excluding carboxylic acids is 2. The summed E-state index contributed by atoms with van der Waals surface area (Å²) in [6.45, 7) is 2.01. The van der Waals surface area contributed by atoms with Gasteiger partial charge in [0.25, 0.3) is 11.8 Å². The van der Waals surface area contributed by atoms with Crippen LogP contribution in [0, 0.1) is 0 Å². The SMILES string of the molecule is C=C(CN1C(=O)c2ccccc2C1=O)C(F)(F)F. The highest BCUT2D eigenvalue weighted by Gasteiger charge is 2.40. The number of rotatable bonds is 2. The van der Waals surface area contributed by atoms with Gasteiger partial charge in [0.15, 0.2) is 0 Å². The highest BCUT2D eigenvalue weighted by atomic mass is 19.4. The molecule has 0 N–H and O–H groups in total. The molecule has 2 rings (SSSR count). The number of halogens is 3. The van der Waals surface area contributed by atoms with E-state index in [0.717, 1.165) is 0 Å². The van der Waals surface area contributed by atoms with Crippen molar-refractivity contribution in [1.82, 2.24) is 4.90 Å². The Morgan fingerprint density at radius 1 is 1.11 bits per heavy atom. The molecule has 0 atom stereocenters. The maximum atomic E-state index is 12.3. The van der Waals surface area contributed by atoms with Crippen molar-refractivity contribution in [3.05, 3.63) is 47.5 Å². The Hall–Kier alpha value is -2.11. The molecule has 0 fully saturated rings. The molecule has 18 heavy (non-hydrogen) atoms. The lowest BCUT2D eigenvalue weighted by Gasteiger charge is -2.17. The molecule has 1 aliphatic rings. The largest absolute Gasteiger partial charge is 0.413 e. The van der Waals surface area contributed by atoms with Gasteiger partial charge >= 0.3 is 6.18 Å². The van der Waals surface area contributed by atoms with Crippen molar-refractivity contribution < 1.29 is 22.8 Å². The first-order valence-electron chi connectivity index (χ1n) is 5.02. The third-order valence-electron chi connectivity index (χ3n) is 2.63. The van der Waals surface area contributed by atoms with E-state index in [2.05, 4.69) is 6.58 Å². The molecule has 0 saturated carbocycles. The van der Waals surface area contributed by atoms with Crippen molar-refractivity contribution in [2.45, 2.75) is 6.18 Å². The van der Waals surface area contributed by atoms with Gasteiger partial charge in [-0.3, -0.25) is 14.5 Å². The average molecular weight is 255 g/mol. The summed E-state index contributed by atoms with van der Waals surface area (Å²) in [5.74, 6) is -1.44. The molecule has 3 nitrogen and oxygen atoms in total. The minimum Gasteiger partial charge on any atom is -0.270 e. The monoisotopic (exact) mass is 255 g/mol. The summed E-state index contributed by atoms with van der Waals surface area (Å²) in [5.41, 5.74) is -0.882. The zero-order valence-corrected chi connectivity index (χ0v) is 9.12. The van der Waals surface area contributed by atoms with Crippen molar-refractivity contribution in [3.8, 4) is 0 Å². The van der Waals surface area contributed by atoms with E-state index in [1.165, 1.54) is 12.1 Å². The molecule has 1 aromatic rings. The number of hydrogen-bond donors (Lipinski definition) is 0. The number of amides is 2. The van der Waals surface area contributed by atoms with E-state index in [1.54, 1.807) is 12.1 Å². The van der Waals surface area contributed by atoms with Gasteiger partial charge in [-0.25, -0.2) is 0 Å². The Balaban J connectivity index is 2.27. The lowest BCUT2D eigenvalue weighted by molar-refractivity contribution is -0.0938. The Labute approximate surface area is 101 Å². The number of benzene rings is 1. The van der Waals surface area contributed by atoms with E-state index < -0.39 is 30.1 Å². The van der Waals surface area contributed by atoms with Gasteiger partial charge in [0, 0.05) is 5.57 Å². The minimum absolute atomic E-state index is 0.123. The van der Waals surface area contributed by atoms with Crippen molar-refractivity contribution in [2.75, 3.05) is 6.54 Å². The van der Waals surface area contributed by atoms with Crippen LogP contribution in [0.15, 0.2) is 36.4 Å². The number of nitrogens with zero attached hydrogens (tertiary/aromatic N) is 1. The van der Waals surface area contributed by atoms with Crippen LogP contribution in [0.3, 0.4) is 0 Å². The Morgan fingerprint density at radius 2 is 1.56 bits per heavy atom. The molecular weight excluding hydrogens is 247 g/mol. The first-order chi connectivity index (χ1) is 8.32. The molecule has 0 radical (unpaired) electrons. The minimum atomic E-state index is -4.62. The second-order valence-electron chi connectivity index (χ2n) is 3.84. The van der Waals surface area contributed by atoms with Crippen molar-refractivity contribution in [3.63, 3.8) is 0 Å². The van der Waals surface area contributed by atoms with Crippen molar-refractivity contribution in [2.24, 2.45) is 0 Å². The van der Waals surface area contributed by atoms with Crippen LogP contribution < -0.4 is 0 Å². The number of imide groups is 1. The molecule has 0 aromatic heterocycles. The van der Waals surface area contributed by atoms with Crippen LogP contribution in [0.5, 0.6) is 0 Å². The third-order valence-corrected chi connectivity index (χ3v) is 2.63. The van der Waals surface area contributed by atoms with Gasteiger partial charge < -0.3 is 0 Å². The lowest BCUT2D eigenvalue weighted by atomic mass is 10.1. The second-order valence-corrected chi connectivity index (χ2v) is 3.84. The number of alkyl halides is 3. The fourth-order valence-electron chi connectivity index (χ4n) is 1.66. The maximum absolute atomic E-state index is 12.3. The fourth-order valence-corrected chi connectivity index (χ4v) is 1.66. The normalized spacial score (nSPS) is 14.9. The zero-order valence-electron chi connectivity index (χ0n) is 9.12. The zero-order chi connectivity index (χ0) is 13.5. The van der Waals surface area contributed by atoms with Gasteiger partial charge in [-0.05, 0) is 12.1 Å². The molecule has 1 heterocycles. The Bertz CT molecular complexity index is 513. The highest BCUT2D eigenvalue weighted by Crippen LogP contribution is 2.28. The summed E-state index contributed by atoms with van der Waals surface area (Å²) < 4.78 is 37.0. The van der Waals surface area contributed by atoms with E-state index in [0.29, 0.717) is 4.90 Å². The van der Waals surface area contributed by atoms with Crippen LogP contribution in [0.25, 0.3) is 0 Å². The maximum Gasteiger partial charge on any atom is 0.413 e. The van der Waals surface area contributed by atoms with Gasteiger partial charge in [0.2, 0.25) is 0 Å². The molecule has 2 amide bonds. The van der Waals surface area contributed by atoms with Gasteiger partial charge in [-0.15, -0.1) is 0 Å². The van der Waals surface area contributed by atoms with Crippen LogP contribution in [-0.4, -0.2) is 29.4 Å².